The van der Waals surface area contributed by atoms with Gasteiger partial charge in [-0.25, -0.2) is 8.78 Å². The summed E-state index contributed by atoms with van der Waals surface area (Å²) in [6.07, 6.45) is 2.13. The van der Waals surface area contributed by atoms with Crippen molar-refractivity contribution >= 4 is 5.91 Å². The Morgan fingerprint density at radius 3 is 2.50 bits per heavy atom. The van der Waals surface area contributed by atoms with Crippen molar-refractivity contribution in [2.45, 2.75) is 12.8 Å². The molecule has 120 valence electrons. The van der Waals surface area contributed by atoms with Gasteiger partial charge in [0.2, 0.25) is 0 Å². The minimum absolute atomic E-state index is 0.0420. The van der Waals surface area contributed by atoms with Crippen LogP contribution < -0.4 is 4.74 Å². The Balaban J connectivity index is 1.54. The molecule has 0 bridgehead atoms. The minimum Gasteiger partial charge on any atom is -0.484 e. The first-order valence-corrected chi connectivity index (χ1v) is 7.51. The summed E-state index contributed by atoms with van der Waals surface area (Å²) < 4.78 is 31.4. The Morgan fingerprint density at radius 2 is 1.86 bits per heavy atom. The number of hydrogen-bond acceptors (Lipinski definition) is 3. The molecule has 1 atom stereocenters. The van der Waals surface area contributed by atoms with Gasteiger partial charge in [-0.2, -0.15) is 0 Å². The SMILES string of the molecule is CN1CCC2(CCN(C(=O)COc3cc(F)cc(F)c3)C2)C1. The van der Waals surface area contributed by atoms with Crippen molar-refractivity contribution in [1.82, 2.24) is 9.80 Å². The number of ether oxygens (including phenoxy) is 1. The molecule has 1 aromatic carbocycles. The third-order valence-corrected chi connectivity index (χ3v) is 4.62. The number of rotatable bonds is 3. The van der Waals surface area contributed by atoms with Crippen LogP contribution in [0.15, 0.2) is 18.2 Å². The molecule has 3 rings (SSSR count). The van der Waals surface area contributed by atoms with Crippen LogP contribution in [0.1, 0.15) is 12.8 Å². The fourth-order valence-corrected chi connectivity index (χ4v) is 3.49. The van der Waals surface area contributed by atoms with Gasteiger partial charge in [0.1, 0.15) is 17.4 Å². The van der Waals surface area contributed by atoms with E-state index >= 15 is 0 Å². The lowest BCUT2D eigenvalue weighted by atomic mass is 9.86. The van der Waals surface area contributed by atoms with Gasteiger partial charge in [-0.1, -0.05) is 0 Å². The maximum atomic E-state index is 13.1. The zero-order valence-corrected chi connectivity index (χ0v) is 12.6. The van der Waals surface area contributed by atoms with Crippen molar-refractivity contribution in [2.24, 2.45) is 5.41 Å². The monoisotopic (exact) mass is 310 g/mol. The number of hydrogen-bond donors (Lipinski definition) is 0. The van der Waals surface area contributed by atoms with Gasteiger partial charge >= 0.3 is 0 Å². The molecule has 1 unspecified atom stereocenters. The molecule has 1 aromatic rings. The summed E-state index contributed by atoms with van der Waals surface area (Å²) in [6.45, 7) is 3.38. The standard InChI is InChI=1S/C16H20F2N2O2/c1-19-4-2-16(10-19)3-5-20(11-16)15(21)9-22-14-7-12(17)6-13(18)8-14/h6-8H,2-5,9-11H2,1H3. The van der Waals surface area contributed by atoms with Crippen LogP contribution in [0.25, 0.3) is 0 Å². The molecule has 22 heavy (non-hydrogen) atoms. The van der Waals surface area contributed by atoms with Crippen LogP contribution in [0.3, 0.4) is 0 Å². The van der Waals surface area contributed by atoms with E-state index in [0.29, 0.717) is 0 Å². The number of likely N-dealkylation sites (tertiary alicyclic amines) is 2. The van der Waals surface area contributed by atoms with Crippen molar-refractivity contribution < 1.29 is 18.3 Å². The van der Waals surface area contributed by atoms with E-state index < -0.39 is 11.6 Å². The summed E-state index contributed by atoms with van der Waals surface area (Å²) >= 11 is 0. The van der Waals surface area contributed by atoms with Gasteiger partial charge in [-0.05, 0) is 26.4 Å². The van der Waals surface area contributed by atoms with Crippen molar-refractivity contribution in [3.63, 3.8) is 0 Å². The number of nitrogens with zero attached hydrogens (tertiary/aromatic N) is 2. The van der Waals surface area contributed by atoms with Crippen molar-refractivity contribution in [1.29, 1.82) is 0 Å². The Bertz CT molecular complexity index is 561. The lowest BCUT2D eigenvalue weighted by Crippen LogP contribution is -2.36. The topological polar surface area (TPSA) is 32.8 Å². The number of carbonyl (C=O) groups is 1. The molecule has 0 N–H and O–H groups in total. The molecular formula is C16H20F2N2O2. The number of amides is 1. The van der Waals surface area contributed by atoms with Crippen LogP contribution in [0.5, 0.6) is 5.75 Å². The van der Waals surface area contributed by atoms with Gasteiger partial charge < -0.3 is 14.5 Å². The second-order valence-electron chi connectivity index (χ2n) is 6.45. The van der Waals surface area contributed by atoms with Crippen LogP contribution >= 0.6 is 0 Å². The zero-order valence-electron chi connectivity index (χ0n) is 12.6. The second-order valence-corrected chi connectivity index (χ2v) is 6.45. The van der Waals surface area contributed by atoms with Crippen molar-refractivity contribution in [3.8, 4) is 5.75 Å². The summed E-state index contributed by atoms with van der Waals surface area (Å²) in [4.78, 5) is 16.3. The third kappa shape index (κ3) is 3.21. The average molecular weight is 310 g/mol. The first kappa shape index (κ1) is 15.2. The largest absolute Gasteiger partial charge is 0.484 e. The average Bonchev–Trinajstić information content (AvgIpc) is 3.02. The molecule has 1 spiro atoms. The lowest BCUT2D eigenvalue weighted by Gasteiger charge is -2.23. The van der Waals surface area contributed by atoms with Crippen LogP contribution in [0.2, 0.25) is 0 Å². The number of benzene rings is 1. The molecule has 6 heteroatoms. The Labute approximate surface area is 128 Å². The molecule has 2 fully saturated rings. The molecule has 0 aliphatic carbocycles. The van der Waals surface area contributed by atoms with Crippen molar-refractivity contribution in [3.05, 3.63) is 29.8 Å². The highest BCUT2D eigenvalue weighted by molar-refractivity contribution is 5.78. The summed E-state index contributed by atoms with van der Waals surface area (Å²) in [6, 6.07) is 2.93. The predicted octanol–water partition coefficient (Wildman–Crippen LogP) is 1.90. The molecule has 2 aliphatic heterocycles. The van der Waals surface area contributed by atoms with Crippen LogP contribution in [-0.2, 0) is 4.79 Å². The highest BCUT2D eigenvalue weighted by atomic mass is 19.1. The van der Waals surface area contributed by atoms with Crippen LogP contribution in [0.4, 0.5) is 8.78 Å². The second kappa shape index (κ2) is 5.83. The van der Waals surface area contributed by atoms with Gasteiger partial charge in [0.05, 0.1) is 0 Å². The zero-order chi connectivity index (χ0) is 15.7. The summed E-state index contributed by atoms with van der Waals surface area (Å²) in [5.41, 5.74) is 0.218. The molecule has 0 radical (unpaired) electrons. The molecule has 2 heterocycles. The summed E-state index contributed by atoms with van der Waals surface area (Å²) in [5.74, 6) is -1.51. The van der Waals surface area contributed by atoms with Crippen molar-refractivity contribution in [2.75, 3.05) is 39.8 Å². The van der Waals surface area contributed by atoms with E-state index in [-0.39, 0.29) is 23.7 Å². The van der Waals surface area contributed by atoms with Gasteiger partial charge in [0, 0.05) is 43.2 Å². The highest BCUT2D eigenvalue weighted by Gasteiger charge is 2.43. The number of halogens is 2. The van der Waals surface area contributed by atoms with Gasteiger partial charge in [-0.3, -0.25) is 4.79 Å². The predicted molar refractivity (Wildman–Crippen MR) is 77.6 cm³/mol. The summed E-state index contributed by atoms with van der Waals surface area (Å²) in [7, 11) is 2.10. The molecular weight excluding hydrogens is 290 g/mol. The first-order valence-electron chi connectivity index (χ1n) is 7.51. The minimum atomic E-state index is -0.712. The quantitative estimate of drug-likeness (QED) is 0.855. The maximum Gasteiger partial charge on any atom is 0.260 e. The van der Waals surface area contributed by atoms with E-state index in [1.807, 2.05) is 0 Å². The normalized spacial score (nSPS) is 25.1. The lowest BCUT2D eigenvalue weighted by molar-refractivity contribution is -0.132. The van der Waals surface area contributed by atoms with E-state index in [1.54, 1.807) is 4.90 Å². The molecule has 1 amide bonds. The highest BCUT2D eigenvalue weighted by Crippen LogP contribution is 2.38. The van der Waals surface area contributed by atoms with Gasteiger partial charge in [0.25, 0.3) is 5.91 Å². The van der Waals surface area contributed by atoms with E-state index in [1.165, 1.54) is 0 Å². The Hall–Kier alpha value is -1.69. The Kier molecular flexibility index (Phi) is 4.04. The summed E-state index contributed by atoms with van der Waals surface area (Å²) in [5, 5.41) is 0. The first-order chi connectivity index (χ1) is 10.5. The smallest absolute Gasteiger partial charge is 0.260 e. The molecule has 0 saturated carbocycles. The van der Waals surface area contributed by atoms with Gasteiger partial charge in [0.15, 0.2) is 6.61 Å². The number of carbonyl (C=O) groups excluding carboxylic acids is 1. The molecule has 2 aliphatic rings. The molecule has 4 nitrogen and oxygen atoms in total. The fourth-order valence-electron chi connectivity index (χ4n) is 3.49. The molecule has 0 aromatic heterocycles. The van der Waals surface area contributed by atoms with Crippen LogP contribution in [0, 0.1) is 17.0 Å². The van der Waals surface area contributed by atoms with Gasteiger partial charge in [-0.15, -0.1) is 0 Å². The van der Waals surface area contributed by atoms with E-state index in [4.69, 9.17) is 4.74 Å². The van der Waals surface area contributed by atoms with Crippen LogP contribution in [-0.4, -0.2) is 55.5 Å². The van der Waals surface area contributed by atoms with E-state index in [9.17, 15) is 13.6 Å². The third-order valence-electron chi connectivity index (χ3n) is 4.62. The Morgan fingerprint density at radius 1 is 1.18 bits per heavy atom. The van der Waals surface area contributed by atoms with E-state index in [2.05, 4.69) is 11.9 Å². The van der Waals surface area contributed by atoms with E-state index in [0.717, 1.165) is 57.2 Å². The molecule has 2 saturated heterocycles. The maximum absolute atomic E-state index is 13.1. The fraction of sp³-hybridized carbons (Fsp3) is 0.562.